The van der Waals surface area contributed by atoms with Gasteiger partial charge in [0.25, 0.3) is 5.56 Å². The molecule has 0 N–H and O–H groups in total. The first-order valence-corrected chi connectivity index (χ1v) is 14.5. The number of hydrogen-bond donors (Lipinski definition) is 0. The van der Waals surface area contributed by atoms with Crippen molar-refractivity contribution < 1.29 is 23.4 Å². The molecule has 0 saturated heterocycles. The van der Waals surface area contributed by atoms with Gasteiger partial charge in [0.2, 0.25) is 0 Å². The van der Waals surface area contributed by atoms with Crippen LogP contribution in [0.25, 0.3) is 6.08 Å². The van der Waals surface area contributed by atoms with Gasteiger partial charge in [-0.05, 0) is 75.2 Å². The summed E-state index contributed by atoms with van der Waals surface area (Å²) in [5, 5.41) is 0. The second-order valence-corrected chi connectivity index (χ2v) is 11.0. The van der Waals surface area contributed by atoms with Gasteiger partial charge in [-0.3, -0.25) is 9.36 Å². The first kappa shape index (κ1) is 29.0. The van der Waals surface area contributed by atoms with E-state index in [9.17, 15) is 14.0 Å². The minimum absolute atomic E-state index is 0.108. The topological polar surface area (TPSA) is 79.1 Å². The molecule has 0 spiro atoms. The number of thiazole rings is 1. The molecule has 0 unspecified atom stereocenters. The Bertz CT molecular complexity index is 1800. The maximum atomic E-state index is 13.9. The van der Waals surface area contributed by atoms with Crippen molar-refractivity contribution in [3.8, 4) is 11.5 Å². The lowest BCUT2D eigenvalue weighted by Gasteiger charge is -2.25. The molecule has 0 radical (unpaired) electrons. The average molecular weight is 587 g/mol. The van der Waals surface area contributed by atoms with Gasteiger partial charge in [-0.15, -0.1) is 0 Å². The van der Waals surface area contributed by atoms with E-state index < -0.39 is 12.0 Å². The Balaban J connectivity index is 1.50. The number of allylic oxidation sites excluding steroid dienone is 1. The van der Waals surface area contributed by atoms with Crippen molar-refractivity contribution in [3.63, 3.8) is 0 Å². The number of nitrogens with zero attached hydrogens (tertiary/aromatic N) is 2. The third-order valence-electron chi connectivity index (χ3n) is 6.62. The highest BCUT2D eigenvalue weighted by Gasteiger charge is 2.33. The van der Waals surface area contributed by atoms with Crippen LogP contribution in [0.1, 0.15) is 50.4 Å². The van der Waals surface area contributed by atoms with Crippen LogP contribution >= 0.6 is 11.3 Å². The highest BCUT2D eigenvalue weighted by atomic mass is 32.1. The third-order valence-corrected chi connectivity index (χ3v) is 7.60. The molecule has 0 fully saturated rings. The Kier molecular flexibility index (Phi) is 8.68. The van der Waals surface area contributed by atoms with E-state index in [2.05, 4.69) is 4.99 Å². The van der Waals surface area contributed by atoms with Crippen molar-refractivity contribution in [2.24, 2.45) is 4.99 Å². The summed E-state index contributed by atoms with van der Waals surface area (Å²) in [6.45, 7) is 7.87. The Morgan fingerprint density at radius 2 is 1.69 bits per heavy atom. The van der Waals surface area contributed by atoms with Gasteiger partial charge in [0.15, 0.2) is 4.80 Å². The van der Waals surface area contributed by atoms with Gasteiger partial charge >= 0.3 is 5.97 Å². The summed E-state index contributed by atoms with van der Waals surface area (Å²) in [5.74, 6) is 0.451. The maximum Gasteiger partial charge on any atom is 0.338 e. The SMILES string of the molecule is CCOc1ccc([C@@H]2C(C(=O)OC(C)C)=C(C)N=c3s/c(=C/c4ccc(OCc5ccccc5F)cc4)c(=O)n32)cc1. The second kappa shape index (κ2) is 12.6. The number of ether oxygens (including phenoxy) is 3. The van der Waals surface area contributed by atoms with Gasteiger partial charge in [0.05, 0.1) is 34.6 Å². The molecule has 1 atom stereocenters. The number of carbonyl (C=O) groups excluding carboxylic acids is 1. The standard InChI is InChI=1S/C33H31FN2O5S/c1-5-39-25-16-12-23(13-17-25)30-29(32(38)41-20(2)3)21(4)35-33-36(30)31(37)28(42-33)18-22-10-14-26(15-11-22)40-19-24-8-6-7-9-27(24)34/h6-18,20,30H,5,19H2,1-4H3/b28-18+/t30-/m1/s1. The molecular weight excluding hydrogens is 555 g/mol. The quantitative estimate of drug-likeness (QED) is 0.249. The molecule has 7 nitrogen and oxygen atoms in total. The van der Waals surface area contributed by atoms with Crippen molar-refractivity contribution in [1.82, 2.24) is 4.57 Å². The number of rotatable bonds is 9. The molecule has 1 aromatic heterocycles. The maximum absolute atomic E-state index is 13.9. The monoisotopic (exact) mass is 586 g/mol. The van der Waals surface area contributed by atoms with E-state index in [1.165, 1.54) is 17.4 Å². The molecule has 3 aromatic carbocycles. The van der Waals surface area contributed by atoms with Crippen molar-refractivity contribution in [2.45, 2.75) is 46.4 Å². The fourth-order valence-corrected chi connectivity index (χ4v) is 5.72. The summed E-state index contributed by atoms with van der Waals surface area (Å²) >= 11 is 1.26. The van der Waals surface area contributed by atoms with Crippen molar-refractivity contribution in [3.05, 3.63) is 126 Å². The van der Waals surface area contributed by atoms with Crippen LogP contribution in [0.5, 0.6) is 11.5 Å². The van der Waals surface area contributed by atoms with E-state index in [1.807, 2.05) is 43.3 Å². The number of benzene rings is 3. The lowest BCUT2D eigenvalue weighted by molar-refractivity contribution is -0.143. The van der Waals surface area contributed by atoms with E-state index in [1.54, 1.807) is 61.7 Å². The minimum atomic E-state index is -0.709. The molecule has 4 aromatic rings. The normalized spacial score (nSPS) is 14.9. The summed E-state index contributed by atoms with van der Waals surface area (Å²) in [7, 11) is 0. The molecule has 0 bridgehead atoms. The summed E-state index contributed by atoms with van der Waals surface area (Å²) in [6.07, 6.45) is 1.45. The second-order valence-electron chi connectivity index (χ2n) is 9.99. The van der Waals surface area contributed by atoms with Gasteiger partial charge in [0.1, 0.15) is 23.9 Å². The molecule has 0 aliphatic carbocycles. The smallest absolute Gasteiger partial charge is 0.338 e. The molecular formula is C33H31FN2O5S. The van der Waals surface area contributed by atoms with Gasteiger partial charge in [0, 0.05) is 5.56 Å². The molecule has 42 heavy (non-hydrogen) atoms. The highest BCUT2D eigenvalue weighted by molar-refractivity contribution is 7.07. The molecule has 0 amide bonds. The third kappa shape index (κ3) is 6.21. The minimum Gasteiger partial charge on any atom is -0.494 e. The zero-order valence-electron chi connectivity index (χ0n) is 23.8. The van der Waals surface area contributed by atoms with Crippen LogP contribution in [-0.4, -0.2) is 23.2 Å². The fraction of sp³-hybridized carbons (Fsp3) is 0.242. The van der Waals surface area contributed by atoms with E-state index in [0.717, 1.165) is 11.1 Å². The van der Waals surface area contributed by atoms with Crippen LogP contribution in [0.15, 0.2) is 93.9 Å². The van der Waals surface area contributed by atoms with Crippen LogP contribution in [0.2, 0.25) is 0 Å². The Morgan fingerprint density at radius 1 is 1.02 bits per heavy atom. The van der Waals surface area contributed by atoms with Crippen molar-refractivity contribution in [1.29, 1.82) is 0 Å². The Labute approximate surface area is 246 Å². The van der Waals surface area contributed by atoms with E-state index >= 15 is 0 Å². The summed E-state index contributed by atoms with van der Waals surface area (Å²) in [6, 6.07) is 20.3. The largest absolute Gasteiger partial charge is 0.494 e. The van der Waals surface area contributed by atoms with Gasteiger partial charge in [-0.25, -0.2) is 14.2 Å². The molecule has 0 saturated carbocycles. The van der Waals surface area contributed by atoms with E-state index in [-0.39, 0.29) is 24.1 Å². The zero-order valence-corrected chi connectivity index (χ0v) is 24.6. The Hall–Kier alpha value is -4.50. The predicted molar refractivity (Wildman–Crippen MR) is 160 cm³/mol. The molecule has 216 valence electrons. The van der Waals surface area contributed by atoms with Crippen LogP contribution in [0, 0.1) is 5.82 Å². The van der Waals surface area contributed by atoms with Gasteiger partial charge in [-0.2, -0.15) is 0 Å². The number of carbonyl (C=O) groups is 1. The molecule has 5 rings (SSSR count). The predicted octanol–water partition coefficient (Wildman–Crippen LogP) is 5.30. The van der Waals surface area contributed by atoms with Crippen LogP contribution in [0.3, 0.4) is 0 Å². The van der Waals surface area contributed by atoms with Crippen LogP contribution in [0.4, 0.5) is 4.39 Å². The molecule has 1 aliphatic heterocycles. The fourth-order valence-electron chi connectivity index (χ4n) is 4.68. The number of halogens is 1. The molecule has 9 heteroatoms. The average Bonchev–Trinajstić information content (AvgIpc) is 3.26. The number of aromatic nitrogens is 1. The first-order chi connectivity index (χ1) is 20.2. The van der Waals surface area contributed by atoms with Crippen LogP contribution < -0.4 is 24.4 Å². The van der Waals surface area contributed by atoms with Crippen molar-refractivity contribution >= 4 is 23.4 Å². The van der Waals surface area contributed by atoms with E-state index in [0.29, 0.717) is 44.3 Å². The summed E-state index contributed by atoms with van der Waals surface area (Å²) < 4.78 is 32.8. The summed E-state index contributed by atoms with van der Waals surface area (Å²) in [4.78, 5) is 32.3. The number of fused-ring (bicyclic) bond motifs is 1. The lowest BCUT2D eigenvalue weighted by atomic mass is 9.96. The highest BCUT2D eigenvalue weighted by Crippen LogP contribution is 2.32. The molecule has 2 heterocycles. The number of hydrogen-bond acceptors (Lipinski definition) is 7. The van der Waals surface area contributed by atoms with Gasteiger partial charge < -0.3 is 14.2 Å². The van der Waals surface area contributed by atoms with Crippen molar-refractivity contribution in [2.75, 3.05) is 6.61 Å². The van der Waals surface area contributed by atoms with Crippen LogP contribution in [-0.2, 0) is 16.1 Å². The lowest BCUT2D eigenvalue weighted by Crippen LogP contribution is -2.40. The zero-order chi connectivity index (χ0) is 29.8. The van der Waals surface area contributed by atoms with E-state index in [4.69, 9.17) is 14.2 Å². The Morgan fingerprint density at radius 3 is 2.36 bits per heavy atom. The summed E-state index contributed by atoms with van der Waals surface area (Å²) in [5.41, 5.74) is 2.56. The molecule has 1 aliphatic rings. The number of esters is 1. The first-order valence-electron chi connectivity index (χ1n) is 13.7. The van der Waals surface area contributed by atoms with Gasteiger partial charge in [-0.1, -0.05) is 53.8 Å².